The maximum atomic E-state index is 12.1. The Morgan fingerprint density at radius 2 is 1.75 bits per heavy atom. The zero-order valence-corrected chi connectivity index (χ0v) is 14.4. The molecule has 7 nitrogen and oxygen atoms in total. The van der Waals surface area contributed by atoms with Crippen LogP contribution < -0.4 is 10.7 Å². The molecular formula is C17H23N3O4. The molecule has 0 bridgehead atoms. The van der Waals surface area contributed by atoms with Crippen molar-refractivity contribution in [1.29, 1.82) is 0 Å². The van der Waals surface area contributed by atoms with Crippen LogP contribution in [0.5, 0.6) is 0 Å². The molecular weight excluding hydrogens is 310 g/mol. The summed E-state index contributed by atoms with van der Waals surface area (Å²) in [5, 5.41) is 6.61. The molecule has 0 aliphatic carbocycles. The van der Waals surface area contributed by atoms with Gasteiger partial charge in [0.2, 0.25) is 5.91 Å². The number of nitrogens with one attached hydrogen (secondary N) is 2. The molecule has 2 amide bonds. The van der Waals surface area contributed by atoms with Gasteiger partial charge in [0.1, 0.15) is 0 Å². The number of anilines is 1. The lowest BCUT2D eigenvalue weighted by molar-refractivity contribution is -0.145. The Morgan fingerprint density at radius 3 is 2.25 bits per heavy atom. The average molecular weight is 333 g/mol. The van der Waals surface area contributed by atoms with E-state index in [1.165, 1.54) is 6.92 Å². The van der Waals surface area contributed by atoms with Crippen LogP contribution in [-0.2, 0) is 14.3 Å². The smallest absolute Gasteiger partial charge is 0.314 e. The quantitative estimate of drug-likeness (QED) is 0.455. The van der Waals surface area contributed by atoms with Crippen LogP contribution in [0.1, 0.15) is 44.5 Å². The zero-order chi connectivity index (χ0) is 18.1. The van der Waals surface area contributed by atoms with Crippen molar-refractivity contribution in [3.8, 4) is 0 Å². The molecule has 24 heavy (non-hydrogen) atoms. The Labute approximate surface area is 141 Å². The fraction of sp³-hybridized carbons (Fsp3) is 0.412. The number of hydrogen-bond donors (Lipinski definition) is 2. The van der Waals surface area contributed by atoms with Crippen molar-refractivity contribution in [2.24, 2.45) is 11.0 Å². The molecule has 1 aromatic rings. The van der Waals surface area contributed by atoms with Gasteiger partial charge in [0.25, 0.3) is 5.91 Å². The predicted octanol–water partition coefficient (Wildman–Crippen LogP) is 2.34. The number of esters is 1. The maximum Gasteiger partial charge on any atom is 0.314 e. The molecule has 0 radical (unpaired) electrons. The van der Waals surface area contributed by atoms with Gasteiger partial charge in [-0.15, -0.1) is 0 Å². The van der Waals surface area contributed by atoms with Gasteiger partial charge in [-0.1, -0.05) is 6.92 Å². The average Bonchev–Trinajstić information content (AvgIpc) is 2.53. The molecule has 1 atom stereocenters. The molecule has 0 heterocycles. The van der Waals surface area contributed by atoms with E-state index in [9.17, 15) is 14.4 Å². The third-order valence-electron chi connectivity index (χ3n) is 3.28. The van der Waals surface area contributed by atoms with E-state index in [1.807, 2.05) is 6.92 Å². The van der Waals surface area contributed by atoms with E-state index in [4.69, 9.17) is 4.74 Å². The van der Waals surface area contributed by atoms with Crippen LogP contribution >= 0.6 is 0 Å². The molecule has 1 rings (SSSR count). The maximum absolute atomic E-state index is 12.1. The second kappa shape index (κ2) is 9.44. The number of carbonyl (C=O) groups excluding carboxylic acids is 3. The zero-order valence-electron chi connectivity index (χ0n) is 14.4. The molecule has 0 spiro atoms. The SMILES string of the molecule is CCOC(=O)[C@H](CC)/C(C)=N/NC(=O)c1ccc(NC(C)=O)cc1. The van der Waals surface area contributed by atoms with Crippen molar-refractivity contribution in [3.05, 3.63) is 29.8 Å². The number of nitrogens with zero attached hydrogens (tertiary/aromatic N) is 1. The first kappa shape index (κ1) is 19.3. The van der Waals surface area contributed by atoms with Gasteiger partial charge in [0.05, 0.1) is 12.5 Å². The largest absolute Gasteiger partial charge is 0.465 e. The lowest BCUT2D eigenvalue weighted by atomic mass is 10.0. The fourth-order valence-corrected chi connectivity index (χ4v) is 2.07. The molecule has 0 aliphatic rings. The molecule has 0 saturated heterocycles. The Morgan fingerprint density at radius 1 is 1.12 bits per heavy atom. The molecule has 0 aromatic heterocycles. The Bertz CT molecular complexity index is 623. The summed E-state index contributed by atoms with van der Waals surface area (Å²) in [5.41, 5.74) is 3.91. The highest BCUT2D eigenvalue weighted by atomic mass is 16.5. The van der Waals surface area contributed by atoms with Gasteiger partial charge in [-0.3, -0.25) is 14.4 Å². The first-order valence-electron chi connectivity index (χ1n) is 7.77. The number of rotatable bonds is 7. The molecule has 2 N–H and O–H groups in total. The van der Waals surface area contributed by atoms with Crippen LogP contribution in [-0.4, -0.2) is 30.1 Å². The van der Waals surface area contributed by atoms with Crippen LogP contribution in [0, 0.1) is 5.92 Å². The van der Waals surface area contributed by atoms with E-state index < -0.39 is 11.8 Å². The summed E-state index contributed by atoms with van der Waals surface area (Å²) in [5.74, 6) is -1.41. The number of amides is 2. The van der Waals surface area contributed by atoms with Crippen molar-refractivity contribution in [2.75, 3.05) is 11.9 Å². The summed E-state index contributed by atoms with van der Waals surface area (Å²) in [6.07, 6.45) is 0.537. The Kier molecular flexibility index (Phi) is 7.61. The van der Waals surface area contributed by atoms with Crippen molar-refractivity contribution in [1.82, 2.24) is 5.43 Å². The van der Waals surface area contributed by atoms with Gasteiger partial charge in [-0.25, -0.2) is 5.43 Å². The molecule has 0 aliphatic heterocycles. The topological polar surface area (TPSA) is 96.9 Å². The van der Waals surface area contributed by atoms with E-state index in [1.54, 1.807) is 38.1 Å². The highest BCUT2D eigenvalue weighted by Gasteiger charge is 2.21. The first-order valence-corrected chi connectivity index (χ1v) is 7.77. The van der Waals surface area contributed by atoms with Gasteiger partial charge in [-0.05, 0) is 44.5 Å². The summed E-state index contributed by atoms with van der Waals surface area (Å²) in [6, 6.07) is 6.41. The summed E-state index contributed by atoms with van der Waals surface area (Å²) < 4.78 is 4.99. The molecule has 0 saturated carbocycles. The monoisotopic (exact) mass is 333 g/mol. The van der Waals surface area contributed by atoms with E-state index in [0.29, 0.717) is 30.0 Å². The van der Waals surface area contributed by atoms with Crippen LogP contribution in [0.3, 0.4) is 0 Å². The van der Waals surface area contributed by atoms with Crippen LogP contribution in [0.2, 0.25) is 0 Å². The first-order chi connectivity index (χ1) is 11.4. The Hall–Kier alpha value is -2.70. The minimum Gasteiger partial charge on any atom is -0.465 e. The van der Waals surface area contributed by atoms with Crippen LogP contribution in [0.25, 0.3) is 0 Å². The highest BCUT2D eigenvalue weighted by molar-refractivity contribution is 6.02. The number of carbonyl (C=O) groups is 3. The molecule has 0 fully saturated rings. The molecule has 130 valence electrons. The number of benzene rings is 1. The predicted molar refractivity (Wildman–Crippen MR) is 91.7 cm³/mol. The van der Waals surface area contributed by atoms with Gasteiger partial charge in [0.15, 0.2) is 0 Å². The molecule has 0 unspecified atom stereocenters. The third-order valence-corrected chi connectivity index (χ3v) is 3.28. The van der Waals surface area contributed by atoms with Gasteiger partial charge < -0.3 is 10.1 Å². The summed E-state index contributed by atoms with van der Waals surface area (Å²) in [4.78, 5) is 34.8. The van der Waals surface area contributed by atoms with Crippen molar-refractivity contribution >= 4 is 29.2 Å². The standard InChI is InChI=1S/C17H23N3O4/c1-5-15(17(23)24-6-2)11(3)19-20-16(22)13-7-9-14(10-8-13)18-12(4)21/h7-10,15H,5-6H2,1-4H3,(H,18,21)(H,20,22)/b19-11+/t15-/m1/s1. The second-order valence-corrected chi connectivity index (χ2v) is 5.17. The molecule has 1 aromatic carbocycles. The van der Waals surface area contributed by atoms with Crippen LogP contribution in [0.4, 0.5) is 5.69 Å². The van der Waals surface area contributed by atoms with Crippen molar-refractivity contribution in [3.63, 3.8) is 0 Å². The van der Waals surface area contributed by atoms with Crippen LogP contribution in [0.15, 0.2) is 29.4 Å². The van der Waals surface area contributed by atoms with Gasteiger partial charge >= 0.3 is 5.97 Å². The summed E-state index contributed by atoms with van der Waals surface area (Å²) >= 11 is 0. The number of hydrazone groups is 1. The number of ether oxygens (including phenoxy) is 1. The van der Waals surface area contributed by atoms with Gasteiger partial charge in [-0.2, -0.15) is 5.10 Å². The van der Waals surface area contributed by atoms with E-state index in [-0.39, 0.29) is 11.9 Å². The van der Waals surface area contributed by atoms with E-state index in [2.05, 4.69) is 15.8 Å². The molecule has 7 heteroatoms. The minimum absolute atomic E-state index is 0.183. The lowest BCUT2D eigenvalue weighted by Gasteiger charge is -2.13. The highest BCUT2D eigenvalue weighted by Crippen LogP contribution is 2.10. The second-order valence-electron chi connectivity index (χ2n) is 5.17. The summed E-state index contributed by atoms with van der Waals surface area (Å²) in [6.45, 7) is 6.97. The fourth-order valence-electron chi connectivity index (χ4n) is 2.07. The Balaban J connectivity index is 2.72. The van der Waals surface area contributed by atoms with Crippen molar-refractivity contribution < 1.29 is 19.1 Å². The lowest BCUT2D eigenvalue weighted by Crippen LogP contribution is -2.27. The summed E-state index contributed by atoms with van der Waals surface area (Å²) in [7, 11) is 0. The normalized spacial score (nSPS) is 12.2. The number of hydrogen-bond acceptors (Lipinski definition) is 5. The van der Waals surface area contributed by atoms with Gasteiger partial charge in [0, 0.05) is 23.9 Å². The van der Waals surface area contributed by atoms with Crippen molar-refractivity contribution in [2.45, 2.75) is 34.1 Å². The van der Waals surface area contributed by atoms with E-state index >= 15 is 0 Å². The third kappa shape index (κ3) is 5.83. The minimum atomic E-state index is -0.479. The van der Waals surface area contributed by atoms with E-state index in [0.717, 1.165) is 0 Å².